The molecule has 2 heterocycles. The highest BCUT2D eigenvalue weighted by atomic mass is 15.5. The molecule has 4 aliphatic rings. The number of rotatable bonds is 3. The van der Waals surface area contributed by atoms with Crippen molar-refractivity contribution in [3.63, 3.8) is 0 Å². The second-order valence-electron chi connectivity index (χ2n) is 9.51. The van der Waals surface area contributed by atoms with E-state index in [1.807, 2.05) is 4.52 Å². The molecule has 0 radical (unpaired) electrons. The van der Waals surface area contributed by atoms with Gasteiger partial charge in [0, 0.05) is 6.04 Å². The molecular weight excluding hydrogens is 336 g/mol. The number of aromatic nitrogens is 5. The van der Waals surface area contributed by atoms with Crippen LogP contribution in [0.1, 0.15) is 51.0 Å². The van der Waals surface area contributed by atoms with E-state index in [1.165, 1.54) is 44.1 Å². The fourth-order valence-corrected chi connectivity index (χ4v) is 6.73. The van der Waals surface area contributed by atoms with Crippen molar-refractivity contribution in [3.05, 3.63) is 23.8 Å². The van der Waals surface area contributed by atoms with Crippen LogP contribution in [0, 0.1) is 30.1 Å². The molecule has 1 aromatic carbocycles. The molecule has 0 spiro atoms. The van der Waals surface area contributed by atoms with Gasteiger partial charge in [0.05, 0.1) is 11.0 Å². The Hall–Kier alpha value is -2.24. The minimum absolute atomic E-state index is 0.391. The first-order chi connectivity index (χ1) is 13.1. The molecule has 140 valence electrons. The van der Waals surface area contributed by atoms with Crippen molar-refractivity contribution in [2.24, 2.45) is 23.2 Å². The normalized spacial score (nSPS) is 33.0. The minimum Gasteiger partial charge on any atom is -0.364 e. The summed E-state index contributed by atoms with van der Waals surface area (Å²) >= 11 is 0. The fraction of sp³-hybridized carbons (Fsp3) is 0.619. The highest BCUT2D eigenvalue weighted by Crippen LogP contribution is 2.61. The predicted octanol–water partition coefficient (Wildman–Crippen LogP) is 4.00. The van der Waals surface area contributed by atoms with Crippen LogP contribution in [-0.4, -0.2) is 31.1 Å². The van der Waals surface area contributed by atoms with Crippen LogP contribution in [0.4, 0.5) is 5.82 Å². The van der Waals surface area contributed by atoms with E-state index in [-0.39, 0.29) is 0 Å². The van der Waals surface area contributed by atoms with E-state index >= 15 is 0 Å². The third-order valence-electron chi connectivity index (χ3n) is 7.63. The summed E-state index contributed by atoms with van der Waals surface area (Å²) in [6.45, 7) is 4.44. The molecule has 0 aliphatic heterocycles. The number of hydrogen-bond acceptors (Lipinski definition) is 5. The SMILES string of the molecule is Cc1ccc2nc(N[C@@H](C)C34CC5CC(CC(C5)C3)C4)c3nnnn3c2c1. The van der Waals surface area contributed by atoms with Crippen molar-refractivity contribution in [2.45, 2.75) is 58.4 Å². The molecule has 0 saturated heterocycles. The van der Waals surface area contributed by atoms with Gasteiger partial charge in [-0.2, -0.15) is 4.52 Å². The van der Waals surface area contributed by atoms with E-state index in [1.54, 1.807) is 0 Å². The molecule has 7 rings (SSSR count). The smallest absolute Gasteiger partial charge is 0.222 e. The summed E-state index contributed by atoms with van der Waals surface area (Å²) in [4.78, 5) is 4.91. The molecule has 27 heavy (non-hydrogen) atoms. The van der Waals surface area contributed by atoms with E-state index in [0.717, 1.165) is 40.3 Å². The Bertz CT molecular complexity index is 1000. The Morgan fingerprint density at radius 2 is 1.81 bits per heavy atom. The molecule has 4 aliphatic carbocycles. The van der Waals surface area contributed by atoms with Crippen molar-refractivity contribution >= 4 is 22.5 Å². The van der Waals surface area contributed by atoms with Crippen LogP contribution in [-0.2, 0) is 0 Å². The monoisotopic (exact) mass is 362 g/mol. The zero-order valence-electron chi connectivity index (χ0n) is 16.0. The van der Waals surface area contributed by atoms with Crippen LogP contribution in [0.3, 0.4) is 0 Å². The lowest BCUT2D eigenvalue weighted by molar-refractivity contribution is -0.0602. The van der Waals surface area contributed by atoms with Crippen LogP contribution < -0.4 is 5.32 Å². The summed E-state index contributed by atoms with van der Waals surface area (Å²) in [5, 5.41) is 16.2. The van der Waals surface area contributed by atoms with Crippen LogP contribution in [0.2, 0.25) is 0 Å². The van der Waals surface area contributed by atoms with E-state index in [2.05, 4.69) is 52.9 Å². The molecule has 1 N–H and O–H groups in total. The summed E-state index contributed by atoms with van der Waals surface area (Å²) in [5.41, 5.74) is 4.22. The van der Waals surface area contributed by atoms with Gasteiger partial charge >= 0.3 is 0 Å². The third kappa shape index (κ3) is 2.31. The summed E-state index contributed by atoms with van der Waals surface area (Å²) < 4.78 is 1.82. The Morgan fingerprint density at radius 3 is 2.52 bits per heavy atom. The zero-order chi connectivity index (χ0) is 18.2. The number of hydrogen-bond donors (Lipinski definition) is 1. The van der Waals surface area contributed by atoms with Gasteiger partial charge in [0.15, 0.2) is 5.82 Å². The van der Waals surface area contributed by atoms with Gasteiger partial charge in [-0.3, -0.25) is 0 Å². The highest BCUT2D eigenvalue weighted by molar-refractivity contribution is 5.82. The maximum atomic E-state index is 4.91. The van der Waals surface area contributed by atoms with Crippen molar-refractivity contribution in [3.8, 4) is 0 Å². The molecule has 6 heteroatoms. The summed E-state index contributed by atoms with van der Waals surface area (Å²) in [6, 6.07) is 6.64. The topological polar surface area (TPSA) is 68.0 Å². The van der Waals surface area contributed by atoms with Crippen LogP contribution >= 0.6 is 0 Å². The number of benzene rings is 1. The van der Waals surface area contributed by atoms with Crippen molar-refractivity contribution < 1.29 is 0 Å². The van der Waals surface area contributed by atoms with Crippen LogP contribution in [0.25, 0.3) is 16.7 Å². The molecule has 4 saturated carbocycles. The number of nitrogens with zero attached hydrogens (tertiary/aromatic N) is 5. The fourth-order valence-electron chi connectivity index (χ4n) is 6.73. The number of anilines is 1. The van der Waals surface area contributed by atoms with Gasteiger partial charge in [0.1, 0.15) is 0 Å². The molecule has 0 unspecified atom stereocenters. The Morgan fingerprint density at radius 1 is 1.11 bits per heavy atom. The van der Waals surface area contributed by atoms with Gasteiger partial charge in [-0.25, -0.2) is 4.98 Å². The summed E-state index contributed by atoms with van der Waals surface area (Å²) in [5.74, 6) is 3.66. The van der Waals surface area contributed by atoms with Crippen molar-refractivity contribution in [1.82, 2.24) is 25.0 Å². The second-order valence-corrected chi connectivity index (χ2v) is 9.51. The Balaban J connectivity index is 1.40. The van der Waals surface area contributed by atoms with Gasteiger partial charge < -0.3 is 5.32 Å². The van der Waals surface area contributed by atoms with Crippen molar-refractivity contribution in [1.29, 1.82) is 0 Å². The molecule has 6 nitrogen and oxygen atoms in total. The first-order valence-electron chi connectivity index (χ1n) is 10.3. The third-order valence-corrected chi connectivity index (χ3v) is 7.63. The molecule has 1 atom stereocenters. The Kier molecular flexibility index (Phi) is 3.15. The first-order valence-corrected chi connectivity index (χ1v) is 10.3. The maximum Gasteiger partial charge on any atom is 0.222 e. The lowest BCUT2D eigenvalue weighted by Crippen LogP contribution is -2.53. The number of tetrazole rings is 1. The number of aryl methyl sites for hydroxylation is 1. The van der Waals surface area contributed by atoms with Crippen LogP contribution in [0.15, 0.2) is 18.2 Å². The standard InChI is InChI=1S/C21H26N6/c1-12-3-4-17-18(5-12)27-20(24-25-26-27)19(23-17)22-13(2)21-9-14-6-15(10-21)8-16(7-14)11-21/h3-5,13-16H,6-11H2,1-2H3,(H,22,23)/t13-,14?,15?,16?,21?/m0/s1. The molecular formula is C21H26N6. The maximum absolute atomic E-state index is 4.91. The predicted molar refractivity (Wildman–Crippen MR) is 105 cm³/mol. The van der Waals surface area contributed by atoms with Gasteiger partial charge in [-0.15, -0.1) is 5.10 Å². The summed E-state index contributed by atoms with van der Waals surface area (Å²) in [6.07, 6.45) is 8.54. The highest BCUT2D eigenvalue weighted by Gasteiger charge is 2.53. The average Bonchev–Trinajstić information content (AvgIpc) is 3.11. The first kappa shape index (κ1) is 15.8. The zero-order valence-corrected chi connectivity index (χ0v) is 16.0. The van der Waals surface area contributed by atoms with Crippen LogP contribution in [0.5, 0.6) is 0 Å². The summed E-state index contributed by atoms with van der Waals surface area (Å²) in [7, 11) is 0. The molecule has 3 aromatic rings. The number of nitrogens with one attached hydrogen (secondary N) is 1. The van der Waals surface area contributed by atoms with Gasteiger partial charge in [0.2, 0.25) is 5.65 Å². The molecule has 4 bridgehead atoms. The average molecular weight is 362 g/mol. The molecule has 0 amide bonds. The lowest BCUT2D eigenvalue weighted by Gasteiger charge is -2.59. The largest absolute Gasteiger partial charge is 0.364 e. The second kappa shape index (κ2) is 5.40. The van der Waals surface area contributed by atoms with Crippen molar-refractivity contribution in [2.75, 3.05) is 5.32 Å². The Labute approximate surface area is 158 Å². The van der Waals surface area contributed by atoms with E-state index in [9.17, 15) is 0 Å². The van der Waals surface area contributed by atoms with E-state index < -0.39 is 0 Å². The van der Waals surface area contributed by atoms with Gasteiger partial charge in [-0.1, -0.05) is 6.07 Å². The van der Waals surface area contributed by atoms with Gasteiger partial charge in [-0.05, 0) is 104 Å². The van der Waals surface area contributed by atoms with Gasteiger partial charge in [0.25, 0.3) is 0 Å². The minimum atomic E-state index is 0.391. The molecule has 4 fully saturated rings. The quantitative estimate of drug-likeness (QED) is 0.763. The van der Waals surface area contributed by atoms with E-state index in [0.29, 0.717) is 11.5 Å². The lowest BCUT2D eigenvalue weighted by atomic mass is 9.48. The molecule has 2 aromatic heterocycles. The number of fused-ring (bicyclic) bond motifs is 3. The van der Waals surface area contributed by atoms with E-state index in [4.69, 9.17) is 4.98 Å².